The third-order valence-electron chi connectivity index (χ3n) is 2.52. The van der Waals surface area contributed by atoms with Crippen molar-refractivity contribution in [3.63, 3.8) is 0 Å². The Morgan fingerprint density at radius 2 is 1.88 bits per heavy atom. The highest BCUT2D eigenvalue weighted by atomic mass is 16.5. The molecule has 0 saturated carbocycles. The highest BCUT2D eigenvalue weighted by Gasteiger charge is 2.00. The molecule has 0 aliphatic heterocycles. The summed E-state index contributed by atoms with van der Waals surface area (Å²) in [5.41, 5.74) is 0.944. The number of allylic oxidation sites excluding steroid dienone is 3. The fraction of sp³-hybridized carbons (Fsp3) is 0.667. The maximum atomic E-state index is 11.2. The SMILES string of the molecule is CCOC(=O)C=C(C)C=CC(C)CCC(C)C. The Hall–Kier alpha value is -1.05. The van der Waals surface area contributed by atoms with Crippen molar-refractivity contribution < 1.29 is 9.53 Å². The Morgan fingerprint density at radius 1 is 1.24 bits per heavy atom. The maximum Gasteiger partial charge on any atom is 0.330 e. The van der Waals surface area contributed by atoms with E-state index in [1.807, 2.05) is 19.9 Å². The molecular formula is C15H26O2. The van der Waals surface area contributed by atoms with Gasteiger partial charge in [-0.1, -0.05) is 39.3 Å². The minimum Gasteiger partial charge on any atom is -0.463 e. The highest BCUT2D eigenvalue weighted by Crippen LogP contribution is 2.13. The van der Waals surface area contributed by atoms with Crippen LogP contribution in [0.3, 0.4) is 0 Å². The van der Waals surface area contributed by atoms with Gasteiger partial charge in [0.1, 0.15) is 0 Å². The van der Waals surface area contributed by atoms with Crippen molar-refractivity contribution in [3.8, 4) is 0 Å². The van der Waals surface area contributed by atoms with Crippen LogP contribution in [0, 0.1) is 11.8 Å². The predicted octanol–water partition coefficient (Wildman–Crippen LogP) is 4.12. The second kappa shape index (κ2) is 9.03. The summed E-state index contributed by atoms with van der Waals surface area (Å²) in [7, 11) is 0. The van der Waals surface area contributed by atoms with Gasteiger partial charge in [0.25, 0.3) is 0 Å². The average Bonchev–Trinajstić information content (AvgIpc) is 2.23. The standard InChI is InChI=1S/C15H26O2/c1-6-17-15(16)11-14(5)10-9-13(4)8-7-12(2)3/h9-13H,6-8H2,1-5H3. The summed E-state index contributed by atoms with van der Waals surface area (Å²) in [6.45, 7) is 10.8. The van der Waals surface area contributed by atoms with Gasteiger partial charge in [0.15, 0.2) is 0 Å². The Balaban J connectivity index is 4.08. The first-order chi connectivity index (χ1) is 7.95. The Morgan fingerprint density at radius 3 is 2.41 bits per heavy atom. The number of hydrogen-bond acceptors (Lipinski definition) is 2. The number of rotatable bonds is 7. The first kappa shape index (κ1) is 16.0. The molecule has 0 saturated heterocycles. The summed E-state index contributed by atoms with van der Waals surface area (Å²) >= 11 is 0. The van der Waals surface area contributed by atoms with Crippen LogP contribution in [0.25, 0.3) is 0 Å². The van der Waals surface area contributed by atoms with Crippen LogP contribution in [0.2, 0.25) is 0 Å². The van der Waals surface area contributed by atoms with Crippen molar-refractivity contribution >= 4 is 5.97 Å². The summed E-state index contributed by atoms with van der Waals surface area (Å²) in [6, 6.07) is 0. The average molecular weight is 238 g/mol. The van der Waals surface area contributed by atoms with Gasteiger partial charge in [0.2, 0.25) is 0 Å². The first-order valence-electron chi connectivity index (χ1n) is 6.49. The summed E-state index contributed by atoms with van der Waals surface area (Å²) in [5, 5.41) is 0. The van der Waals surface area contributed by atoms with Gasteiger partial charge in [0, 0.05) is 6.08 Å². The third kappa shape index (κ3) is 9.86. The van der Waals surface area contributed by atoms with Gasteiger partial charge in [-0.15, -0.1) is 0 Å². The highest BCUT2D eigenvalue weighted by molar-refractivity contribution is 5.83. The van der Waals surface area contributed by atoms with E-state index in [9.17, 15) is 4.79 Å². The molecule has 0 N–H and O–H groups in total. The van der Waals surface area contributed by atoms with E-state index in [0.29, 0.717) is 12.5 Å². The first-order valence-corrected chi connectivity index (χ1v) is 6.49. The van der Waals surface area contributed by atoms with Crippen molar-refractivity contribution in [2.45, 2.75) is 47.5 Å². The molecule has 0 heterocycles. The lowest BCUT2D eigenvalue weighted by Crippen LogP contribution is -2.00. The van der Waals surface area contributed by atoms with Crippen molar-refractivity contribution in [1.29, 1.82) is 0 Å². The zero-order valence-corrected chi connectivity index (χ0v) is 11.8. The molecule has 0 rings (SSSR count). The molecule has 1 atom stereocenters. The molecule has 1 unspecified atom stereocenters. The zero-order chi connectivity index (χ0) is 13.3. The summed E-state index contributed by atoms with van der Waals surface area (Å²) in [4.78, 5) is 11.2. The van der Waals surface area contributed by atoms with Gasteiger partial charge < -0.3 is 4.74 Å². The molecule has 17 heavy (non-hydrogen) atoms. The molecule has 98 valence electrons. The smallest absolute Gasteiger partial charge is 0.330 e. The van der Waals surface area contributed by atoms with E-state index < -0.39 is 0 Å². The van der Waals surface area contributed by atoms with E-state index >= 15 is 0 Å². The van der Waals surface area contributed by atoms with E-state index in [1.54, 1.807) is 0 Å². The second-order valence-electron chi connectivity index (χ2n) is 4.95. The lowest BCUT2D eigenvalue weighted by Gasteiger charge is -2.08. The van der Waals surface area contributed by atoms with Crippen LogP contribution in [0.15, 0.2) is 23.8 Å². The number of hydrogen-bond donors (Lipinski definition) is 0. The van der Waals surface area contributed by atoms with E-state index in [0.717, 1.165) is 11.5 Å². The summed E-state index contributed by atoms with van der Waals surface area (Å²) in [5.74, 6) is 1.05. The zero-order valence-electron chi connectivity index (χ0n) is 11.8. The van der Waals surface area contributed by atoms with Crippen LogP contribution in [0.5, 0.6) is 0 Å². The summed E-state index contributed by atoms with van der Waals surface area (Å²) < 4.78 is 4.85. The third-order valence-corrected chi connectivity index (χ3v) is 2.52. The molecule has 0 bridgehead atoms. The van der Waals surface area contributed by atoms with Crippen LogP contribution in [-0.4, -0.2) is 12.6 Å². The van der Waals surface area contributed by atoms with Crippen molar-refractivity contribution in [1.82, 2.24) is 0 Å². The quantitative estimate of drug-likeness (QED) is 0.379. The van der Waals surface area contributed by atoms with Crippen LogP contribution in [0.4, 0.5) is 0 Å². The van der Waals surface area contributed by atoms with Gasteiger partial charge in [-0.05, 0) is 37.7 Å². The lowest BCUT2D eigenvalue weighted by molar-refractivity contribution is -0.137. The second-order valence-corrected chi connectivity index (χ2v) is 4.95. The van der Waals surface area contributed by atoms with E-state index in [4.69, 9.17) is 4.74 Å². The number of ether oxygens (including phenoxy) is 1. The Labute approximate surface area is 106 Å². The van der Waals surface area contributed by atoms with Gasteiger partial charge in [-0.2, -0.15) is 0 Å². The number of carbonyl (C=O) groups excluding carboxylic acids is 1. The molecular weight excluding hydrogens is 212 g/mol. The molecule has 0 spiro atoms. The van der Waals surface area contributed by atoms with Crippen molar-refractivity contribution in [2.24, 2.45) is 11.8 Å². The molecule has 2 heteroatoms. The summed E-state index contributed by atoms with van der Waals surface area (Å²) in [6.07, 6.45) is 8.14. The molecule has 2 nitrogen and oxygen atoms in total. The van der Waals surface area contributed by atoms with Gasteiger partial charge in [-0.3, -0.25) is 0 Å². The van der Waals surface area contributed by atoms with Gasteiger partial charge in [-0.25, -0.2) is 4.79 Å². The minimum atomic E-state index is -0.260. The molecule has 0 aromatic heterocycles. The van der Waals surface area contributed by atoms with E-state index in [2.05, 4.69) is 26.8 Å². The number of carbonyl (C=O) groups is 1. The Kier molecular flexibility index (Phi) is 8.47. The van der Waals surface area contributed by atoms with Crippen molar-refractivity contribution in [3.05, 3.63) is 23.8 Å². The van der Waals surface area contributed by atoms with E-state index in [-0.39, 0.29) is 5.97 Å². The molecule has 0 aromatic rings. The fourth-order valence-corrected chi connectivity index (χ4v) is 1.43. The van der Waals surface area contributed by atoms with Crippen LogP contribution < -0.4 is 0 Å². The molecule has 0 radical (unpaired) electrons. The van der Waals surface area contributed by atoms with Gasteiger partial charge in [0.05, 0.1) is 6.61 Å². The van der Waals surface area contributed by atoms with Crippen LogP contribution in [0.1, 0.15) is 47.5 Å². The molecule has 0 fully saturated rings. The molecule has 0 aromatic carbocycles. The Bertz CT molecular complexity index is 275. The minimum absolute atomic E-state index is 0.260. The maximum absolute atomic E-state index is 11.2. The largest absolute Gasteiger partial charge is 0.463 e. The molecule has 0 aliphatic rings. The lowest BCUT2D eigenvalue weighted by atomic mass is 9.98. The predicted molar refractivity (Wildman–Crippen MR) is 72.8 cm³/mol. The van der Waals surface area contributed by atoms with Gasteiger partial charge >= 0.3 is 5.97 Å². The molecule has 0 aliphatic carbocycles. The van der Waals surface area contributed by atoms with E-state index in [1.165, 1.54) is 18.9 Å². The topological polar surface area (TPSA) is 26.3 Å². The van der Waals surface area contributed by atoms with Crippen molar-refractivity contribution in [2.75, 3.05) is 6.61 Å². The monoisotopic (exact) mass is 238 g/mol. The normalized spacial score (nSPS) is 14.4. The van der Waals surface area contributed by atoms with Crippen LogP contribution >= 0.6 is 0 Å². The van der Waals surface area contributed by atoms with Crippen LogP contribution in [-0.2, 0) is 9.53 Å². The molecule has 0 amide bonds. The fourth-order valence-electron chi connectivity index (χ4n) is 1.43. The number of esters is 1.